The molecule has 1 heterocycles. The first-order valence-corrected chi connectivity index (χ1v) is 5.56. The molecule has 1 aliphatic heterocycles. The van der Waals surface area contributed by atoms with Crippen molar-refractivity contribution in [3.63, 3.8) is 0 Å². The standard InChI is InChI=1S/C11H23N3O/c1-11(2,3)5-6-12-10-13-7-9(15-4)8-14-10/h9H,5-8H2,1-4H3,(H2,12,13,14). The minimum atomic E-state index is 0.221. The van der Waals surface area contributed by atoms with E-state index < -0.39 is 0 Å². The summed E-state index contributed by atoms with van der Waals surface area (Å²) in [5.41, 5.74) is 0.372. The smallest absolute Gasteiger partial charge is 0.191 e. The summed E-state index contributed by atoms with van der Waals surface area (Å²) >= 11 is 0. The Labute approximate surface area is 92.5 Å². The van der Waals surface area contributed by atoms with E-state index in [0.717, 1.165) is 32.0 Å². The fraction of sp³-hybridized carbons (Fsp3) is 0.909. The van der Waals surface area contributed by atoms with Gasteiger partial charge in [-0.25, -0.2) is 0 Å². The Kier molecular flexibility index (Phi) is 4.39. The van der Waals surface area contributed by atoms with Crippen LogP contribution in [-0.2, 0) is 4.74 Å². The molecule has 4 heteroatoms. The van der Waals surface area contributed by atoms with E-state index in [0.29, 0.717) is 5.41 Å². The number of methoxy groups -OCH3 is 1. The number of nitrogens with zero attached hydrogens (tertiary/aromatic N) is 1. The average Bonchev–Trinajstić information content (AvgIpc) is 2.17. The van der Waals surface area contributed by atoms with E-state index in [1.54, 1.807) is 7.11 Å². The molecule has 1 atom stereocenters. The van der Waals surface area contributed by atoms with Gasteiger partial charge in [-0.05, 0) is 11.8 Å². The molecule has 4 nitrogen and oxygen atoms in total. The molecule has 0 aromatic rings. The lowest BCUT2D eigenvalue weighted by Gasteiger charge is -2.24. The Morgan fingerprint density at radius 3 is 2.73 bits per heavy atom. The second kappa shape index (κ2) is 5.35. The second-order valence-electron chi connectivity index (χ2n) is 5.17. The van der Waals surface area contributed by atoms with Crippen molar-refractivity contribution in [2.24, 2.45) is 10.4 Å². The van der Waals surface area contributed by atoms with Gasteiger partial charge in [0.2, 0.25) is 0 Å². The van der Waals surface area contributed by atoms with Crippen LogP contribution in [0.1, 0.15) is 27.2 Å². The van der Waals surface area contributed by atoms with E-state index in [-0.39, 0.29) is 6.10 Å². The molecule has 0 aromatic heterocycles. The summed E-state index contributed by atoms with van der Waals surface area (Å²) in [5, 5.41) is 6.53. The fourth-order valence-electron chi connectivity index (χ4n) is 1.36. The minimum absolute atomic E-state index is 0.221. The summed E-state index contributed by atoms with van der Waals surface area (Å²) in [4.78, 5) is 4.37. The molecule has 2 N–H and O–H groups in total. The zero-order valence-electron chi connectivity index (χ0n) is 10.3. The van der Waals surface area contributed by atoms with Crippen molar-refractivity contribution in [2.75, 3.05) is 26.7 Å². The van der Waals surface area contributed by atoms with Crippen molar-refractivity contribution in [3.8, 4) is 0 Å². The first-order chi connectivity index (χ1) is 7.01. The molecule has 0 bridgehead atoms. The zero-order chi connectivity index (χ0) is 11.3. The molecule has 88 valence electrons. The van der Waals surface area contributed by atoms with Gasteiger partial charge in [-0.2, -0.15) is 0 Å². The van der Waals surface area contributed by atoms with Gasteiger partial charge in [-0.15, -0.1) is 0 Å². The number of hydrogen-bond donors (Lipinski definition) is 2. The molecule has 0 fully saturated rings. The summed E-state index contributed by atoms with van der Waals surface area (Å²) in [6, 6.07) is 0. The average molecular weight is 213 g/mol. The summed E-state index contributed by atoms with van der Waals surface area (Å²) in [6.45, 7) is 9.29. The number of guanidine groups is 1. The number of hydrogen-bond acceptors (Lipinski definition) is 4. The Hall–Kier alpha value is -0.770. The lowest BCUT2D eigenvalue weighted by Crippen LogP contribution is -2.47. The van der Waals surface area contributed by atoms with Crippen molar-refractivity contribution < 1.29 is 4.74 Å². The Balaban J connectivity index is 2.20. The molecule has 0 saturated heterocycles. The van der Waals surface area contributed by atoms with Gasteiger partial charge in [0.15, 0.2) is 5.96 Å². The molecule has 0 radical (unpaired) electrons. The highest BCUT2D eigenvalue weighted by Gasteiger charge is 2.14. The summed E-state index contributed by atoms with van der Waals surface area (Å²) in [5.74, 6) is 0.910. The van der Waals surface area contributed by atoms with Gasteiger partial charge in [0, 0.05) is 20.2 Å². The first kappa shape index (κ1) is 12.3. The van der Waals surface area contributed by atoms with Gasteiger partial charge in [-0.1, -0.05) is 20.8 Å². The normalized spacial score (nSPS) is 21.9. The zero-order valence-corrected chi connectivity index (χ0v) is 10.3. The quantitative estimate of drug-likeness (QED) is 0.735. The Morgan fingerprint density at radius 1 is 1.53 bits per heavy atom. The van der Waals surface area contributed by atoms with Crippen molar-refractivity contribution in [1.82, 2.24) is 10.6 Å². The lowest BCUT2D eigenvalue weighted by molar-refractivity contribution is 0.109. The van der Waals surface area contributed by atoms with Crippen molar-refractivity contribution in [2.45, 2.75) is 33.3 Å². The maximum atomic E-state index is 5.20. The van der Waals surface area contributed by atoms with Crippen LogP contribution in [0.25, 0.3) is 0 Å². The van der Waals surface area contributed by atoms with Crippen LogP contribution in [0.3, 0.4) is 0 Å². The molecule has 0 saturated carbocycles. The summed E-state index contributed by atoms with van der Waals surface area (Å²) < 4.78 is 5.20. The molecular weight excluding hydrogens is 190 g/mol. The maximum Gasteiger partial charge on any atom is 0.191 e. The van der Waals surface area contributed by atoms with Crippen LogP contribution in [0.15, 0.2) is 4.99 Å². The predicted molar refractivity (Wildman–Crippen MR) is 63.2 cm³/mol. The first-order valence-electron chi connectivity index (χ1n) is 5.56. The molecule has 0 amide bonds. The van der Waals surface area contributed by atoms with E-state index in [9.17, 15) is 0 Å². The van der Waals surface area contributed by atoms with Crippen LogP contribution in [0.5, 0.6) is 0 Å². The van der Waals surface area contributed by atoms with E-state index in [1.165, 1.54) is 0 Å². The van der Waals surface area contributed by atoms with Crippen LogP contribution in [0.4, 0.5) is 0 Å². The third-order valence-electron chi connectivity index (χ3n) is 2.45. The number of aliphatic imine (C=N–C) groups is 1. The van der Waals surface area contributed by atoms with Gasteiger partial charge in [-0.3, -0.25) is 4.99 Å². The van der Waals surface area contributed by atoms with Gasteiger partial charge < -0.3 is 15.4 Å². The van der Waals surface area contributed by atoms with Crippen LogP contribution < -0.4 is 10.6 Å². The van der Waals surface area contributed by atoms with Crippen LogP contribution in [0, 0.1) is 5.41 Å². The number of ether oxygens (including phenoxy) is 1. The Bertz CT molecular complexity index is 220. The monoisotopic (exact) mass is 213 g/mol. The molecule has 0 aliphatic carbocycles. The highest BCUT2D eigenvalue weighted by molar-refractivity contribution is 5.80. The highest BCUT2D eigenvalue weighted by Crippen LogP contribution is 2.16. The number of rotatable bonds is 3. The molecule has 0 spiro atoms. The van der Waals surface area contributed by atoms with Crippen LogP contribution in [-0.4, -0.2) is 38.8 Å². The predicted octanol–water partition coefficient (Wildman–Crippen LogP) is 0.986. The molecule has 1 aliphatic rings. The van der Waals surface area contributed by atoms with Gasteiger partial charge >= 0.3 is 0 Å². The molecule has 1 rings (SSSR count). The Morgan fingerprint density at radius 2 is 2.27 bits per heavy atom. The molecule has 1 unspecified atom stereocenters. The van der Waals surface area contributed by atoms with Crippen LogP contribution in [0.2, 0.25) is 0 Å². The topological polar surface area (TPSA) is 45.6 Å². The van der Waals surface area contributed by atoms with Gasteiger partial charge in [0.25, 0.3) is 0 Å². The molecular formula is C11H23N3O. The van der Waals surface area contributed by atoms with Gasteiger partial charge in [0.1, 0.15) is 0 Å². The largest absolute Gasteiger partial charge is 0.378 e. The van der Waals surface area contributed by atoms with Crippen molar-refractivity contribution >= 4 is 5.96 Å². The number of nitrogens with one attached hydrogen (secondary N) is 2. The fourth-order valence-corrected chi connectivity index (χ4v) is 1.36. The van der Waals surface area contributed by atoms with E-state index >= 15 is 0 Å². The third kappa shape index (κ3) is 5.02. The lowest BCUT2D eigenvalue weighted by atomic mass is 9.92. The SMILES string of the molecule is COC1CN=C(NCCC(C)(C)C)NC1. The highest BCUT2D eigenvalue weighted by atomic mass is 16.5. The van der Waals surface area contributed by atoms with Gasteiger partial charge in [0.05, 0.1) is 12.6 Å². The maximum absolute atomic E-state index is 5.20. The van der Waals surface area contributed by atoms with Crippen LogP contribution >= 0.6 is 0 Å². The minimum Gasteiger partial charge on any atom is -0.378 e. The third-order valence-corrected chi connectivity index (χ3v) is 2.45. The van der Waals surface area contributed by atoms with E-state index in [4.69, 9.17) is 4.74 Å². The van der Waals surface area contributed by atoms with Crippen molar-refractivity contribution in [3.05, 3.63) is 0 Å². The summed E-state index contributed by atoms with van der Waals surface area (Å²) in [7, 11) is 1.72. The molecule has 0 aromatic carbocycles. The van der Waals surface area contributed by atoms with Crippen molar-refractivity contribution in [1.29, 1.82) is 0 Å². The van der Waals surface area contributed by atoms with E-state index in [1.807, 2.05) is 0 Å². The van der Waals surface area contributed by atoms with E-state index in [2.05, 4.69) is 36.4 Å². The second-order valence-corrected chi connectivity index (χ2v) is 5.17. The summed E-state index contributed by atoms with van der Waals surface area (Å²) in [6.07, 6.45) is 1.36. The molecule has 15 heavy (non-hydrogen) atoms.